The third kappa shape index (κ3) is 7.04. The number of nitrogens with one attached hydrogen (secondary N) is 4. The first-order valence-corrected chi connectivity index (χ1v) is 17.5. The minimum absolute atomic E-state index is 0.0996. The van der Waals surface area contributed by atoms with Crippen LogP contribution in [0.5, 0.6) is 5.88 Å². The summed E-state index contributed by atoms with van der Waals surface area (Å²) in [6.07, 6.45) is 2.83. The van der Waals surface area contributed by atoms with Gasteiger partial charge in [-0.3, -0.25) is 9.59 Å². The number of amides is 2. The van der Waals surface area contributed by atoms with Crippen LogP contribution in [0.1, 0.15) is 37.1 Å². The number of benzene rings is 2. The number of hydrogen-bond acceptors (Lipinski definition) is 8. The van der Waals surface area contributed by atoms with Crippen molar-refractivity contribution >= 4 is 46.2 Å². The Bertz CT molecular complexity index is 2080. The van der Waals surface area contributed by atoms with Gasteiger partial charge in [0.05, 0.1) is 35.1 Å². The molecule has 11 nitrogen and oxygen atoms in total. The highest BCUT2D eigenvalue weighted by Crippen LogP contribution is 2.42. The Morgan fingerprint density at radius 1 is 0.760 bits per heavy atom. The van der Waals surface area contributed by atoms with Gasteiger partial charge in [0.25, 0.3) is 0 Å². The maximum absolute atomic E-state index is 11.5. The molecule has 50 heavy (non-hydrogen) atoms. The molecule has 2 atom stereocenters. The van der Waals surface area contributed by atoms with Crippen LogP contribution >= 0.6 is 23.2 Å². The van der Waals surface area contributed by atoms with Crippen molar-refractivity contribution in [1.29, 1.82) is 0 Å². The number of halogens is 2. The van der Waals surface area contributed by atoms with Gasteiger partial charge in [-0.15, -0.1) is 0 Å². The predicted molar refractivity (Wildman–Crippen MR) is 195 cm³/mol. The summed E-state index contributed by atoms with van der Waals surface area (Å²) >= 11 is 14.2. The van der Waals surface area contributed by atoms with Crippen LogP contribution < -0.4 is 26.0 Å². The van der Waals surface area contributed by atoms with E-state index in [9.17, 15) is 9.59 Å². The largest absolute Gasteiger partial charge is 0.481 e. The second-order valence-corrected chi connectivity index (χ2v) is 13.4. The molecule has 0 unspecified atom stereocenters. The molecular formula is C37H38Cl2N8O3. The number of aromatic nitrogens is 4. The number of nitrogens with zero attached hydrogens (tertiary/aromatic N) is 4. The van der Waals surface area contributed by atoms with E-state index < -0.39 is 0 Å². The van der Waals surface area contributed by atoms with Gasteiger partial charge in [0.1, 0.15) is 11.3 Å². The summed E-state index contributed by atoms with van der Waals surface area (Å²) in [6.45, 7) is 2.48. The standard InChI is InChI=1S/C37H38Cl2N8O3/c1-47-31(20-41-19-23-11-16-33(49)43-23)44-30-14-13-28(45-36(30)47)26-7-3-5-24(34(26)38)25-6-4-8-27(35(25)39)29-12-9-21(37(46-29)50-2)17-40-18-22-10-15-32(48)42-22/h3-9,12-14,22-23,40-41H,10-11,15-20H2,1-2H3,(H,42,48)(H,43,49)/t22-,23+/m0/s1. The fraction of sp³-hybridized carbons (Fsp3) is 0.324. The molecule has 258 valence electrons. The average molecular weight is 714 g/mol. The Hall–Kier alpha value is -4.55. The second-order valence-electron chi connectivity index (χ2n) is 12.7. The van der Waals surface area contributed by atoms with Crippen molar-refractivity contribution in [1.82, 2.24) is 40.8 Å². The van der Waals surface area contributed by atoms with Crippen molar-refractivity contribution in [3.8, 4) is 39.5 Å². The summed E-state index contributed by atoms with van der Waals surface area (Å²) < 4.78 is 7.64. The summed E-state index contributed by atoms with van der Waals surface area (Å²) in [4.78, 5) is 37.6. The topological polar surface area (TPSA) is 135 Å². The zero-order valence-electron chi connectivity index (χ0n) is 27.9. The van der Waals surface area contributed by atoms with Crippen LogP contribution in [0.2, 0.25) is 10.0 Å². The van der Waals surface area contributed by atoms with Crippen molar-refractivity contribution in [3.63, 3.8) is 0 Å². The van der Waals surface area contributed by atoms with Crippen molar-refractivity contribution in [2.45, 2.75) is 50.9 Å². The SMILES string of the molecule is COc1nc(-c2cccc(-c3cccc(-c4ccc5nc(CNC[C@H]6CCC(=O)N6)n(C)c5n4)c3Cl)c2Cl)ccc1CNC[C@@H]1CCC(=O)N1. The molecule has 5 heterocycles. The molecular weight excluding hydrogens is 675 g/mol. The molecule has 0 aliphatic carbocycles. The van der Waals surface area contributed by atoms with E-state index in [2.05, 4.69) is 21.3 Å². The molecule has 0 spiro atoms. The molecule has 5 aromatic rings. The van der Waals surface area contributed by atoms with Crippen molar-refractivity contribution < 1.29 is 14.3 Å². The number of aryl methyl sites for hydroxylation is 1. The summed E-state index contributed by atoms with van der Waals surface area (Å²) in [5.41, 5.74) is 6.92. The molecule has 2 aliphatic rings. The van der Waals surface area contributed by atoms with Crippen LogP contribution in [0.15, 0.2) is 60.7 Å². The second kappa shape index (κ2) is 14.7. The Kier molecular flexibility index (Phi) is 10.0. The van der Waals surface area contributed by atoms with Gasteiger partial charge in [-0.1, -0.05) is 65.7 Å². The summed E-state index contributed by atoms with van der Waals surface area (Å²) in [5, 5.41) is 13.8. The molecule has 2 aliphatic heterocycles. The maximum Gasteiger partial charge on any atom is 0.220 e. The van der Waals surface area contributed by atoms with E-state index >= 15 is 0 Å². The van der Waals surface area contributed by atoms with Gasteiger partial charge < -0.3 is 30.6 Å². The molecule has 13 heteroatoms. The molecule has 2 fully saturated rings. The van der Waals surface area contributed by atoms with E-state index in [4.69, 9.17) is 42.9 Å². The van der Waals surface area contributed by atoms with E-state index in [0.717, 1.165) is 63.3 Å². The van der Waals surface area contributed by atoms with Gasteiger partial charge in [0, 0.05) is 79.4 Å². The molecule has 2 amide bonds. The molecule has 0 bridgehead atoms. The Labute approximate surface area is 300 Å². The third-order valence-electron chi connectivity index (χ3n) is 9.33. The number of imidazole rings is 1. The van der Waals surface area contributed by atoms with Crippen LogP contribution in [0.25, 0.3) is 44.8 Å². The monoisotopic (exact) mass is 712 g/mol. The zero-order chi connectivity index (χ0) is 34.8. The number of fused-ring (bicyclic) bond motifs is 1. The molecule has 0 radical (unpaired) electrons. The number of methoxy groups -OCH3 is 1. The fourth-order valence-corrected chi connectivity index (χ4v) is 7.28. The van der Waals surface area contributed by atoms with Crippen LogP contribution in [-0.4, -0.2) is 63.6 Å². The Balaban J connectivity index is 1.11. The lowest BCUT2D eigenvalue weighted by Gasteiger charge is -2.15. The summed E-state index contributed by atoms with van der Waals surface area (Å²) in [5.74, 6) is 1.56. The van der Waals surface area contributed by atoms with E-state index in [0.29, 0.717) is 60.6 Å². The van der Waals surface area contributed by atoms with Gasteiger partial charge in [-0.25, -0.2) is 15.0 Å². The van der Waals surface area contributed by atoms with Gasteiger partial charge in [-0.2, -0.15) is 0 Å². The number of carbonyl (C=O) groups excluding carboxylic acids is 2. The minimum Gasteiger partial charge on any atom is -0.481 e. The third-order valence-corrected chi connectivity index (χ3v) is 10.1. The van der Waals surface area contributed by atoms with Gasteiger partial charge >= 0.3 is 0 Å². The van der Waals surface area contributed by atoms with Crippen molar-refractivity contribution in [2.24, 2.45) is 7.05 Å². The van der Waals surface area contributed by atoms with Crippen LogP contribution in [0.4, 0.5) is 0 Å². The first kappa shape index (κ1) is 33.9. The van der Waals surface area contributed by atoms with E-state index in [1.54, 1.807) is 7.11 Å². The van der Waals surface area contributed by atoms with Gasteiger partial charge in [0.2, 0.25) is 17.7 Å². The van der Waals surface area contributed by atoms with Crippen LogP contribution in [-0.2, 0) is 29.7 Å². The number of ether oxygens (including phenoxy) is 1. The molecule has 4 N–H and O–H groups in total. The first-order valence-electron chi connectivity index (χ1n) is 16.7. The van der Waals surface area contributed by atoms with E-state index in [1.165, 1.54) is 0 Å². The van der Waals surface area contributed by atoms with Gasteiger partial charge in [-0.05, 0) is 31.0 Å². The molecule has 3 aromatic heterocycles. The number of rotatable bonds is 12. The van der Waals surface area contributed by atoms with E-state index in [-0.39, 0.29) is 23.9 Å². The quantitative estimate of drug-likeness (QED) is 0.135. The van der Waals surface area contributed by atoms with Crippen LogP contribution in [0.3, 0.4) is 0 Å². The highest BCUT2D eigenvalue weighted by molar-refractivity contribution is 6.39. The lowest BCUT2D eigenvalue weighted by Crippen LogP contribution is -2.35. The lowest BCUT2D eigenvalue weighted by atomic mass is 9.98. The molecule has 2 saturated heterocycles. The van der Waals surface area contributed by atoms with Crippen molar-refractivity contribution in [3.05, 3.63) is 82.1 Å². The molecule has 7 rings (SSSR count). The van der Waals surface area contributed by atoms with Crippen molar-refractivity contribution in [2.75, 3.05) is 20.2 Å². The normalized spacial score (nSPS) is 17.4. The van der Waals surface area contributed by atoms with Crippen LogP contribution in [0, 0.1) is 0 Å². The van der Waals surface area contributed by atoms with Gasteiger partial charge in [0.15, 0.2) is 5.65 Å². The number of pyridine rings is 2. The fourth-order valence-electron chi connectivity index (χ4n) is 6.63. The number of carbonyl (C=O) groups is 2. The summed E-state index contributed by atoms with van der Waals surface area (Å²) in [7, 11) is 3.55. The van der Waals surface area contributed by atoms with E-state index in [1.807, 2.05) is 72.3 Å². The zero-order valence-corrected chi connectivity index (χ0v) is 29.4. The predicted octanol–water partition coefficient (Wildman–Crippen LogP) is 5.42. The highest BCUT2D eigenvalue weighted by atomic mass is 35.5. The maximum atomic E-state index is 11.5. The average Bonchev–Trinajstić information content (AvgIpc) is 3.83. The Morgan fingerprint density at radius 3 is 1.90 bits per heavy atom. The highest BCUT2D eigenvalue weighted by Gasteiger charge is 2.22. The first-order chi connectivity index (χ1) is 24.3. The minimum atomic E-state index is 0.0996. The smallest absolute Gasteiger partial charge is 0.220 e. The Morgan fingerprint density at radius 2 is 1.32 bits per heavy atom. The number of hydrogen-bond donors (Lipinski definition) is 4. The molecule has 0 saturated carbocycles. The summed E-state index contributed by atoms with van der Waals surface area (Å²) in [6, 6.07) is 19.8. The lowest BCUT2D eigenvalue weighted by molar-refractivity contribution is -0.120. The molecule has 2 aromatic carbocycles.